The van der Waals surface area contributed by atoms with Gasteiger partial charge in [0.25, 0.3) is 0 Å². The fourth-order valence-corrected chi connectivity index (χ4v) is 0.835. The van der Waals surface area contributed by atoms with Gasteiger partial charge in [-0.2, -0.15) is 0 Å². The van der Waals surface area contributed by atoms with Crippen molar-refractivity contribution in [1.29, 1.82) is 0 Å². The fraction of sp³-hybridized carbons (Fsp3) is 0.714. The highest BCUT2D eigenvalue weighted by Gasteiger charge is 2.17. The second kappa shape index (κ2) is 5.13. The molecule has 3 nitrogen and oxygen atoms in total. The molecule has 0 N–H and O–H groups in total. The van der Waals surface area contributed by atoms with Crippen LogP contribution in [0.1, 0.15) is 20.3 Å². The van der Waals surface area contributed by atoms with Crippen molar-refractivity contribution in [2.75, 3.05) is 5.88 Å². The van der Waals surface area contributed by atoms with Crippen LogP contribution in [0.15, 0.2) is 0 Å². The van der Waals surface area contributed by atoms with E-state index in [0.29, 0.717) is 6.42 Å². The van der Waals surface area contributed by atoms with Crippen molar-refractivity contribution in [3.63, 3.8) is 0 Å². The molecule has 64 valence electrons. The van der Waals surface area contributed by atoms with Crippen molar-refractivity contribution in [3.8, 4) is 0 Å². The molecular formula is C7H11ClO3. The maximum Gasteiger partial charge on any atom is 0.303 e. The molecule has 0 heterocycles. The summed E-state index contributed by atoms with van der Waals surface area (Å²) in [5.41, 5.74) is 0. The number of ketones is 1. The molecule has 0 fully saturated rings. The predicted molar refractivity (Wildman–Crippen MR) is 41.6 cm³/mol. The molecule has 0 amide bonds. The summed E-state index contributed by atoms with van der Waals surface area (Å²) < 4.78 is 4.68. The summed E-state index contributed by atoms with van der Waals surface area (Å²) in [6.07, 6.45) is -0.185. The molecule has 0 aromatic heterocycles. The minimum Gasteiger partial charge on any atom is -0.455 e. The van der Waals surface area contributed by atoms with Gasteiger partial charge in [0.05, 0.1) is 5.88 Å². The normalized spacial score (nSPS) is 12.3. The lowest BCUT2D eigenvalue weighted by Crippen LogP contribution is -2.26. The first kappa shape index (κ1) is 10.4. The molecule has 1 atom stereocenters. The van der Waals surface area contributed by atoms with E-state index in [0.717, 1.165) is 0 Å². The van der Waals surface area contributed by atoms with Gasteiger partial charge in [-0.05, 0) is 6.42 Å². The number of Topliss-reactive ketones (excluding diaryl/α,β-unsaturated/α-hetero) is 1. The Bertz CT molecular complexity index is 156. The van der Waals surface area contributed by atoms with Gasteiger partial charge in [-0.3, -0.25) is 9.59 Å². The third-order valence-corrected chi connectivity index (χ3v) is 1.43. The average molecular weight is 179 g/mol. The van der Waals surface area contributed by atoms with Crippen molar-refractivity contribution in [2.24, 2.45) is 0 Å². The van der Waals surface area contributed by atoms with Crippen molar-refractivity contribution in [3.05, 3.63) is 0 Å². The van der Waals surface area contributed by atoms with Gasteiger partial charge in [-0.1, -0.05) is 6.92 Å². The quantitative estimate of drug-likeness (QED) is 0.479. The van der Waals surface area contributed by atoms with Crippen molar-refractivity contribution >= 4 is 23.4 Å². The van der Waals surface area contributed by atoms with Crippen LogP contribution in [0.2, 0.25) is 0 Å². The maximum atomic E-state index is 10.9. The fourth-order valence-electron chi connectivity index (χ4n) is 0.663. The van der Waals surface area contributed by atoms with E-state index in [1.807, 2.05) is 0 Å². The lowest BCUT2D eigenvalue weighted by Gasteiger charge is -2.11. The minimum atomic E-state index is -0.662. The first-order chi connectivity index (χ1) is 5.11. The molecule has 1 unspecified atom stereocenters. The first-order valence-electron chi connectivity index (χ1n) is 3.37. The standard InChI is InChI=1S/C7H11ClO3/c1-3-7(6(10)4-8)11-5(2)9/h7H,3-4H2,1-2H3. The van der Waals surface area contributed by atoms with E-state index in [1.165, 1.54) is 6.92 Å². The molecule has 0 spiro atoms. The van der Waals surface area contributed by atoms with Crippen molar-refractivity contribution in [2.45, 2.75) is 26.4 Å². The van der Waals surface area contributed by atoms with Crippen LogP contribution in [0.25, 0.3) is 0 Å². The zero-order valence-corrected chi connectivity index (χ0v) is 7.35. The molecular weight excluding hydrogens is 168 g/mol. The summed E-state index contributed by atoms with van der Waals surface area (Å²) >= 11 is 5.27. The van der Waals surface area contributed by atoms with Crippen LogP contribution in [-0.4, -0.2) is 23.7 Å². The van der Waals surface area contributed by atoms with E-state index in [-0.39, 0.29) is 11.7 Å². The zero-order valence-electron chi connectivity index (χ0n) is 6.59. The van der Waals surface area contributed by atoms with Gasteiger partial charge in [-0.25, -0.2) is 0 Å². The molecule has 0 aliphatic heterocycles. The summed E-state index contributed by atoms with van der Waals surface area (Å²) in [7, 11) is 0. The van der Waals surface area contributed by atoms with Gasteiger partial charge in [0.2, 0.25) is 0 Å². The van der Waals surface area contributed by atoms with Crippen LogP contribution in [0.4, 0.5) is 0 Å². The Kier molecular flexibility index (Phi) is 4.86. The summed E-state index contributed by atoms with van der Waals surface area (Å²) in [5, 5.41) is 0. The Morgan fingerprint density at radius 3 is 2.36 bits per heavy atom. The topological polar surface area (TPSA) is 43.4 Å². The first-order valence-corrected chi connectivity index (χ1v) is 3.91. The van der Waals surface area contributed by atoms with Crippen molar-refractivity contribution < 1.29 is 14.3 Å². The molecule has 0 aliphatic rings. The Morgan fingerprint density at radius 2 is 2.09 bits per heavy atom. The van der Waals surface area contributed by atoms with Gasteiger partial charge >= 0.3 is 5.97 Å². The Labute approximate surface area is 70.7 Å². The molecule has 0 aromatic carbocycles. The highest BCUT2D eigenvalue weighted by Crippen LogP contribution is 2.01. The number of esters is 1. The highest BCUT2D eigenvalue weighted by molar-refractivity contribution is 6.28. The van der Waals surface area contributed by atoms with Crippen LogP contribution < -0.4 is 0 Å². The Hall–Kier alpha value is -0.570. The lowest BCUT2D eigenvalue weighted by atomic mass is 10.2. The molecule has 0 saturated carbocycles. The number of hydrogen-bond donors (Lipinski definition) is 0. The Balaban J connectivity index is 3.94. The summed E-state index contributed by atoms with van der Waals surface area (Å²) in [5.74, 6) is -0.800. The Morgan fingerprint density at radius 1 is 1.55 bits per heavy atom. The molecule has 0 rings (SSSR count). The second-order valence-corrected chi connectivity index (χ2v) is 2.37. The SMILES string of the molecule is CCC(OC(C)=O)C(=O)CCl. The number of carbonyl (C=O) groups is 2. The van der Waals surface area contributed by atoms with Crippen LogP contribution in [0.5, 0.6) is 0 Å². The molecule has 0 aromatic rings. The number of carbonyl (C=O) groups excluding carboxylic acids is 2. The number of rotatable bonds is 4. The third-order valence-electron chi connectivity index (χ3n) is 1.17. The minimum absolute atomic E-state index is 0.105. The zero-order chi connectivity index (χ0) is 8.85. The molecule has 0 saturated heterocycles. The van der Waals surface area contributed by atoms with Crippen molar-refractivity contribution in [1.82, 2.24) is 0 Å². The average Bonchev–Trinajstić information content (AvgIpc) is 1.98. The largest absolute Gasteiger partial charge is 0.455 e. The summed E-state index contributed by atoms with van der Waals surface area (Å²) in [6, 6.07) is 0. The van der Waals surface area contributed by atoms with Crippen LogP contribution in [0.3, 0.4) is 0 Å². The molecule has 0 aliphatic carbocycles. The van der Waals surface area contributed by atoms with E-state index in [1.54, 1.807) is 6.92 Å². The van der Waals surface area contributed by atoms with Gasteiger partial charge in [0.15, 0.2) is 11.9 Å². The van der Waals surface area contributed by atoms with Crippen LogP contribution in [-0.2, 0) is 14.3 Å². The monoisotopic (exact) mass is 178 g/mol. The smallest absolute Gasteiger partial charge is 0.303 e. The molecule has 11 heavy (non-hydrogen) atoms. The van der Waals surface area contributed by atoms with Crippen LogP contribution in [0, 0.1) is 0 Å². The maximum absolute atomic E-state index is 10.9. The third kappa shape index (κ3) is 3.98. The number of hydrogen-bond acceptors (Lipinski definition) is 3. The van der Waals surface area contributed by atoms with E-state index < -0.39 is 12.1 Å². The van der Waals surface area contributed by atoms with Gasteiger partial charge in [0.1, 0.15) is 0 Å². The number of ether oxygens (including phenoxy) is 1. The highest BCUT2D eigenvalue weighted by atomic mass is 35.5. The van der Waals surface area contributed by atoms with E-state index in [4.69, 9.17) is 11.6 Å². The molecule has 0 bridgehead atoms. The van der Waals surface area contributed by atoms with Gasteiger partial charge in [-0.15, -0.1) is 11.6 Å². The number of halogens is 1. The van der Waals surface area contributed by atoms with Crippen LogP contribution >= 0.6 is 11.6 Å². The van der Waals surface area contributed by atoms with E-state index >= 15 is 0 Å². The van der Waals surface area contributed by atoms with E-state index in [9.17, 15) is 9.59 Å². The van der Waals surface area contributed by atoms with E-state index in [2.05, 4.69) is 4.74 Å². The number of alkyl halides is 1. The molecule has 4 heteroatoms. The summed E-state index contributed by atoms with van der Waals surface area (Å²) in [6.45, 7) is 3.03. The lowest BCUT2D eigenvalue weighted by molar-refractivity contribution is -0.152. The predicted octanol–water partition coefficient (Wildman–Crippen LogP) is 1.14. The molecule has 0 radical (unpaired) electrons. The van der Waals surface area contributed by atoms with Gasteiger partial charge < -0.3 is 4.74 Å². The summed E-state index contributed by atoms with van der Waals surface area (Å²) in [4.78, 5) is 21.3. The van der Waals surface area contributed by atoms with Gasteiger partial charge in [0, 0.05) is 6.92 Å². The second-order valence-electron chi connectivity index (χ2n) is 2.11.